The van der Waals surface area contributed by atoms with E-state index in [-0.39, 0.29) is 23.5 Å². The molecular weight excluding hydrogens is 278 g/mol. The summed E-state index contributed by atoms with van der Waals surface area (Å²) in [5.41, 5.74) is 5.95. The van der Waals surface area contributed by atoms with E-state index in [2.05, 4.69) is 24.1 Å². The molecule has 128 valence electrons. The van der Waals surface area contributed by atoms with Gasteiger partial charge in [0, 0.05) is 31.7 Å². The van der Waals surface area contributed by atoms with Crippen molar-refractivity contribution in [2.75, 3.05) is 32.8 Å². The summed E-state index contributed by atoms with van der Waals surface area (Å²) in [6.07, 6.45) is 4.18. The van der Waals surface area contributed by atoms with Crippen molar-refractivity contribution in [2.24, 2.45) is 17.6 Å². The first-order chi connectivity index (χ1) is 10.4. The van der Waals surface area contributed by atoms with E-state index in [1.807, 2.05) is 6.92 Å². The number of hydrogen-bond donors (Lipinski definition) is 2. The molecule has 1 aliphatic heterocycles. The lowest BCUT2D eigenvalue weighted by Crippen LogP contribution is -2.55. The fourth-order valence-electron chi connectivity index (χ4n) is 3.71. The molecule has 0 aromatic rings. The van der Waals surface area contributed by atoms with Crippen LogP contribution >= 0.6 is 0 Å². The summed E-state index contributed by atoms with van der Waals surface area (Å²) in [7, 11) is 0. The highest BCUT2D eigenvalue weighted by Crippen LogP contribution is 2.31. The summed E-state index contributed by atoms with van der Waals surface area (Å²) < 4.78 is 5.79. The van der Waals surface area contributed by atoms with Crippen LogP contribution < -0.4 is 11.1 Å². The largest absolute Gasteiger partial charge is 0.374 e. The van der Waals surface area contributed by atoms with Crippen molar-refractivity contribution in [3.63, 3.8) is 0 Å². The fourth-order valence-corrected chi connectivity index (χ4v) is 3.71. The number of carbonyl (C=O) groups excluding carboxylic acids is 1. The first kappa shape index (κ1) is 17.7. The summed E-state index contributed by atoms with van der Waals surface area (Å²) in [5, 5.41) is 3.08. The molecule has 2 fully saturated rings. The van der Waals surface area contributed by atoms with Gasteiger partial charge in [-0.05, 0) is 25.7 Å². The zero-order chi connectivity index (χ0) is 16.2. The smallest absolute Gasteiger partial charge is 0.225 e. The van der Waals surface area contributed by atoms with Gasteiger partial charge in [0.2, 0.25) is 5.91 Å². The number of carbonyl (C=O) groups is 1. The molecular formula is C17H33N3O2. The fraction of sp³-hybridized carbons (Fsp3) is 0.941. The van der Waals surface area contributed by atoms with Crippen molar-refractivity contribution in [1.82, 2.24) is 10.2 Å². The number of nitrogens with zero attached hydrogens (tertiary/aromatic N) is 1. The standard InChI is InChI=1S/C17H33N3O2/c1-13(2)11-20-8-9-22-14(12-20)10-19-16(21)15-6-4-5-7-17(15,3)18/h13-15H,4-12,18H2,1-3H3,(H,19,21). The Hall–Kier alpha value is -0.650. The van der Waals surface area contributed by atoms with Crippen LogP contribution in [0.15, 0.2) is 0 Å². The monoisotopic (exact) mass is 311 g/mol. The highest BCUT2D eigenvalue weighted by atomic mass is 16.5. The Bertz CT molecular complexity index is 371. The van der Waals surface area contributed by atoms with Gasteiger partial charge >= 0.3 is 0 Å². The quantitative estimate of drug-likeness (QED) is 0.805. The molecule has 1 heterocycles. The van der Waals surface area contributed by atoms with E-state index in [9.17, 15) is 4.79 Å². The SMILES string of the molecule is CC(C)CN1CCOC(CNC(=O)C2CCCCC2(C)N)C1. The van der Waals surface area contributed by atoms with Gasteiger partial charge in [0.05, 0.1) is 18.6 Å². The van der Waals surface area contributed by atoms with E-state index in [1.54, 1.807) is 0 Å². The molecule has 5 heteroatoms. The molecule has 2 aliphatic rings. The number of nitrogens with two attached hydrogens (primary N) is 1. The Morgan fingerprint density at radius 2 is 2.23 bits per heavy atom. The van der Waals surface area contributed by atoms with Gasteiger partial charge < -0.3 is 15.8 Å². The number of ether oxygens (including phenoxy) is 1. The summed E-state index contributed by atoms with van der Waals surface area (Å²) in [6, 6.07) is 0. The predicted molar refractivity (Wildman–Crippen MR) is 88.6 cm³/mol. The van der Waals surface area contributed by atoms with E-state index in [1.165, 1.54) is 0 Å². The minimum absolute atomic E-state index is 0.0587. The first-order valence-electron chi connectivity index (χ1n) is 8.79. The zero-order valence-electron chi connectivity index (χ0n) is 14.4. The van der Waals surface area contributed by atoms with Crippen LogP contribution in [0.25, 0.3) is 0 Å². The summed E-state index contributed by atoms with van der Waals surface area (Å²) in [4.78, 5) is 14.9. The number of morpholine rings is 1. The van der Waals surface area contributed by atoms with Gasteiger partial charge in [-0.2, -0.15) is 0 Å². The van der Waals surface area contributed by atoms with Crippen molar-refractivity contribution in [3.8, 4) is 0 Å². The lowest BCUT2D eigenvalue weighted by molar-refractivity contribution is -0.129. The molecule has 3 N–H and O–H groups in total. The van der Waals surface area contributed by atoms with Gasteiger partial charge in [0.15, 0.2) is 0 Å². The molecule has 0 aromatic heterocycles. The van der Waals surface area contributed by atoms with E-state index in [0.717, 1.165) is 51.9 Å². The van der Waals surface area contributed by atoms with Gasteiger partial charge in [-0.3, -0.25) is 9.69 Å². The van der Waals surface area contributed by atoms with Crippen molar-refractivity contribution >= 4 is 5.91 Å². The van der Waals surface area contributed by atoms with Crippen LogP contribution in [0.1, 0.15) is 46.5 Å². The van der Waals surface area contributed by atoms with Crippen LogP contribution in [0.2, 0.25) is 0 Å². The average Bonchev–Trinajstić information content (AvgIpc) is 2.44. The highest BCUT2D eigenvalue weighted by Gasteiger charge is 2.37. The molecule has 22 heavy (non-hydrogen) atoms. The van der Waals surface area contributed by atoms with Gasteiger partial charge in [-0.25, -0.2) is 0 Å². The first-order valence-corrected chi connectivity index (χ1v) is 8.79. The molecule has 1 saturated heterocycles. The third kappa shape index (κ3) is 4.93. The Labute approximate surface area is 134 Å². The van der Waals surface area contributed by atoms with Gasteiger partial charge in [0.1, 0.15) is 0 Å². The maximum Gasteiger partial charge on any atom is 0.225 e. The number of nitrogens with one attached hydrogen (secondary N) is 1. The molecule has 3 atom stereocenters. The second-order valence-electron chi connectivity index (χ2n) is 7.70. The second-order valence-corrected chi connectivity index (χ2v) is 7.70. The predicted octanol–water partition coefficient (Wildman–Crippen LogP) is 1.37. The van der Waals surface area contributed by atoms with Crippen LogP contribution in [-0.2, 0) is 9.53 Å². The minimum Gasteiger partial charge on any atom is -0.374 e. The van der Waals surface area contributed by atoms with Crippen molar-refractivity contribution in [1.29, 1.82) is 0 Å². The lowest BCUT2D eigenvalue weighted by Gasteiger charge is -2.38. The molecule has 1 aliphatic carbocycles. The van der Waals surface area contributed by atoms with Crippen LogP contribution in [-0.4, -0.2) is 55.2 Å². The third-order valence-electron chi connectivity index (χ3n) is 4.92. The lowest BCUT2D eigenvalue weighted by atomic mass is 9.74. The minimum atomic E-state index is -0.362. The number of hydrogen-bond acceptors (Lipinski definition) is 4. The highest BCUT2D eigenvalue weighted by molar-refractivity contribution is 5.80. The van der Waals surface area contributed by atoms with E-state index in [0.29, 0.717) is 12.5 Å². The topological polar surface area (TPSA) is 67.6 Å². The molecule has 1 amide bonds. The van der Waals surface area contributed by atoms with E-state index in [4.69, 9.17) is 10.5 Å². The van der Waals surface area contributed by atoms with Crippen LogP contribution in [0.5, 0.6) is 0 Å². The van der Waals surface area contributed by atoms with Gasteiger partial charge in [-0.1, -0.05) is 26.7 Å². The molecule has 1 saturated carbocycles. The molecule has 2 rings (SSSR count). The summed E-state index contributed by atoms with van der Waals surface area (Å²) in [6.45, 7) is 10.8. The average molecular weight is 311 g/mol. The zero-order valence-corrected chi connectivity index (χ0v) is 14.4. The van der Waals surface area contributed by atoms with E-state index < -0.39 is 0 Å². The maximum atomic E-state index is 12.5. The number of rotatable bonds is 5. The van der Waals surface area contributed by atoms with Gasteiger partial charge in [0.25, 0.3) is 0 Å². The van der Waals surface area contributed by atoms with Crippen molar-refractivity contribution in [3.05, 3.63) is 0 Å². The van der Waals surface area contributed by atoms with Crippen LogP contribution in [0, 0.1) is 11.8 Å². The van der Waals surface area contributed by atoms with Crippen molar-refractivity contribution < 1.29 is 9.53 Å². The van der Waals surface area contributed by atoms with E-state index >= 15 is 0 Å². The third-order valence-corrected chi connectivity index (χ3v) is 4.92. The number of amides is 1. The molecule has 3 unspecified atom stereocenters. The van der Waals surface area contributed by atoms with Crippen LogP contribution in [0.4, 0.5) is 0 Å². The molecule has 0 spiro atoms. The second kappa shape index (κ2) is 7.75. The Kier molecular flexibility index (Phi) is 6.24. The summed E-state index contributed by atoms with van der Waals surface area (Å²) in [5.74, 6) is 0.708. The van der Waals surface area contributed by atoms with Crippen LogP contribution in [0.3, 0.4) is 0 Å². The summed E-state index contributed by atoms with van der Waals surface area (Å²) >= 11 is 0. The molecule has 0 radical (unpaired) electrons. The maximum absolute atomic E-state index is 12.5. The Morgan fingerprint density at radius 1 is 1.45 bits per heavy atom. The Morgan fingerprint density at radius 3 is 2.91 bits per heavy atom. The normalized spacial score (nSPS) is 33.9. The molecule has 0 bridgehead atoms. The van der Waals surface area contributed by atoms with Gasteiger partial charge in [-0.15, -0.1) is 0 Å². The molecule has 0 aromatic carbocycles. The Balaban J connectivity index is 1.78. The van der Waals surface area contributed by atoms with Crippen molar-refractivity contribution in [2.45, 2.75) is 58.1 Å². The molecule has 5 nitrogen and oxygen atoms in total.